The number of nitrogens with one attached hydrogen (secondary N) is 1. The predicted molar refractivity (Wildman–Crippen MR) is 76.6 cm³/mol. The highest BCUT2D eigenvalue weighted by Gasteiger charge is 2.34. The van der Waals surface area contributed by atoms with Gasteiger partial charge in [0, 0.05) is 19.6 Å². The summed E-state index contributed by atoms with van der Waals surface area (Å²) < 4.78 is 75.0. The highest BCUT2D eigenvalue weighted by atomic mass is 19.4. The SMILES string of the molecule is CCN(CCNC(=O)c1ccccc1C(F)(F)F)CCC(F)(F)F. The van der Waals surface area contributed by atoms with Crippen molar-refractivity contribution >= 4 is 5.91 Å². The van der Waals surface area contributed by atoms with Crippen molar-refractivity contribution < 1.29 is 31.1 Å². The zero-order chi connectivity index (χ0) is 18.4. The Hall–Kier alpha value is -1.77. The number of hydrogen-bond donors (Lipinski definition) is 1. The lowest BCUT2D eigenvalue weighted by Gasteiger charge is -2.21. The molecule has 1 amide bonds. The van der Waals surface area contributed by atoms with Crippen molar-refractivity contribution in [3.8, 4) is 0 Å². The van der Waals surface area contributed by atoms with E-state index in [1.807, 2.05) is 0 Å². The van der Waals surface area contributed by atoms with Crippen molar-refractivity contribution in [1.29, 1.82) is 0 Å². The largest absolute Gasteiger partial charge is 0.417 e. The van der Waals surface area contributed by atoms with Gasteiger partial charge in [-0.15, -0.1) is 0 Å². The molecule has 0 saturated heterocycles. The van der Waals surface area contributed by atoms with Gasteiger partial charge in [-0.05, 0) is 18.7 Å². The number of halogens is 6. The topological polar surface area (TPSA) is 32.3 Å². The second-order valence-electron chi connectivity index (χ2n) is 5.10. The molecule has 1 rings (SSSR count). The molecule has 1 aromatic carbocycles. The molecule has 9 heteroatoms. The molecule has 0 aliphatic heterocycles. The number of benzene rings is 1. The zero-order valence-electron chi connectivity index (χ0n) is 13.0. The van der Waals surface area contributed by atoms with E-state index in [1.54, 1.807) is 6.92 Å². The minimum atomic E-state index is -4.66. The Morgan fingerprint density at radius 1 is 1.08 bits per heavy atom. The van der Waals surface area contributed by atoms with E-state index in [1.165, 1.54) is 17.0 Å². The van der Waals surface area contributed by atoms with E-state index in [9.17, 15) is 31.1 Å². The molecule has 1 N–H and O–H groups in total. The number of rotatable bonds is 7. The average Bonchev–Trinajstić information content (AvgIpc) is 2.48. The molecule has 0 fully saturated rings. The van der Waals surface area contributed by atoms with E-state index in [0.717, 1.165) is 12.1 Å². The van der Waals surface area contributed by atoms with Gasteiger partial charge in [-0.1, -0.05) is 19.1 Å². The molecule has 0 radical (unpaired) electrons. The lowest BCUT2D eigenvalue weighted by atomic mass is 10.1. The Balaban J connectivity index is 2.58. The molecule has 0 bridgehead atoms. The molecule has 0 atom stereocenters. The van der Waals surface area contributed by atoms with Gasteiger partial charge in [0.25, 0.3) is 5.91 Å². The van der Waals surface area contributed by atoms with E-state index in [-0.39, 0.29) is 19.6 Å². The van der Waals surface area contributed by atoms with Gasteiger partial charge in [0.05, 0.1) is 17.5 Å². The minimum Gasteiger partial charge on any atom is -0.351 e. The monoisotopic (exact) mass is 356 g/mol. The highest BCUT2D eigenvalue weighted by Crippen LogP contribution is 2.31. The van der Waals surface area contributed by atoms with Crippen LogP contribution in [0.3, 0.4) is 0 Å². The molecule has 3 nitrogen and oxygen atoms in total. The van der Waals surface area contributed by atoms with Crippen molar-refractivity contribution in [1.82, 2.24) is 10.2 Å². The first-order chi connectivity index (χ1) is 11.0. The van der Waals surface area contributed by atoms with Gasteiger partial charge in [0.1, 0.15) is 0 Å². The molecule has 0 heterocycles. The summed E-state index contributed by atoms with van der Waals surface area (Å²) in [4.78, 5) is 13.4. The van der Waals surface area contributed by atoms with Crippen molar-refractivity contribution in [3.05, 3.63) is 35.4 Å². The first-order valence-electron chi connectivity index (χ1n) is 7.28. The fourth-order valence-corrected chi connectivity index (χ4v) is 2.06. The summed E-state index contributed by atoms with van der Waals surface area (Å²) in [6.07, 6.45) is -9.91. The Kier molecular flexibility index (Phi) is 7.07. The van der Waals surface area contributed by atoms with Gasteiger partial charge >= 0.3 is 12.4 Å². The van der Waals surface area contributed by atoms with Crippen molar-refractivity contribution in [3.63, 3.8) is 0 Å². The molecule has 0 aromatic heterocycles. The fraction of sp³-hybridized carbons (Fsp3) is 0.533. The van der Waals surface area contributed by atoms with Crippen molar-refractivity contribution in [2.45, 2.75) is 25.7 Å². The van der Waals surface area contributed by atoms with E-state index >= 15 is 0 Å². The predicted octanol–water partition coefficient (Wildman–Crippen LogP) is 3.71. The third kappa shape index (κ3) is 6.77. The van der Waals surface area contributed by atoms with Crippen LogP contribution in [0.15, 0.2) is 24.3 Å². The summed E-state index contributed by atoms with van der Waals surface area (Å²) in [6, 6.07) is 4.34. The van der Waals surface area contributed by atoms with Crippen molar-refractivity contribution in [2.75, 3.05) is 26.2 Å². The van der Waals surface area contributed by atoms with Crippen LogP contribution in [-0.2, 0) is 6.18 Å². The van der Waals surface area contributed by atoms with Crippen molar-refractivity contribution in [2.24, 2.45) is 0 Å². The number of amides is 1. The van der Waals surface area contributed by atoms with Crippen LogP contribution in [0.2, 0.25) is 0 Å². The van der Waals surface area contributed by atoms with E-state index in [2.05, 4.69) is 5.32 Å². The zero-order valence-corrected chi connectivity index (χ0v) is 13.0. The molecule has 0 unspecified atom stereocenters. The van der Waals surface area contributed by atoms with Crippen LogP contribution in [0.5, 0.6) is 0 Å². The maximum Gasteiger partial charge on any atom is 0.417 e. The number of nitrogens with zero attached hydrogens (tertiary/aromatic N) is 1. The van der Waals surface area contributed by atoms with Crippen LogP contribution in [0.25, 0.3) is 0 Å². The number of carbonyl (C=O) groups excluding carboxylic acids is 1. The Bertz CT molecular complexity index is 542. The molecule has 1 aromatic rings. The molecule has 24 heavy (non-hydrogen) atoms. The normalized spacial score (nSPS) is 12.5. The van der Waals surface area contributed by atoms with Crippen LogP contribution in [0.1, 0.15) is 29.3 Å². The summed E-state index contributed by atoms with van der Waals surface area (Å²) in [5, 5.41) is 2.31. The Morgan fingerprint density at radius 2 is 1.71 bits per heavy atom. The first kappa shape index (κ1) is 20.3. The van der Waals surface area contributed by atoms with Gasteiger partial charge < -0.3 is 10.2 Å². The van der Waals surface area contributed by atoms with Gasteiger partial charge in [-0.25, -0.2) is 0 Å². The lowest BCUT2D eigenvalue weighted by Crippen LogP contribution is -2.37. The molecular weight excluding hydrogens is 338 g/mol. The number of carbonyl (C=O) groups is 1. The molecule has 0 aliphatic carbocycles. The van der Waals surface area contributed by atoms with Crippen LogP contribution >= 0.6 is 0 Å². The Morgan fingerprint density at radius 3 is 2.25 bits per heavy atom. The highest BCUT2D eigenvalue weighted by molar-refractivity contribution is 5.95. The first-order valence-corrected chi connectivity index (χ1v) is 7.28. The molecule has 0 aliphatic rings. The summed E-state index contributed by atoms with van der Waals surface area (Å²) in [6.45, 7) is 1.85. The van der Waals surface area contributed by atoms with E-state index in [0.29, 0.717) is 6.54 Å². The van der Waals surface area contributed by atoms with Crippen LogP contribution in [0, 0.1) is 0 Å². The number of hydrogen-bond acceptors (Lipinski definition) is 2. The van der Waals surface area contributed by atoms with Gasteiger partial charge in [0.2, 0.25) is 0 Å². The minimum absolute atomic E-state index is 0.0449. The molecular formula is C15H18F6N2O. The third-order valence-electron chi connectivity index (χ3n) is 3.35. The summed E-state index contributed by atoms with van der Waals surface area (Å²) in [5.74, 6) is -0.908. The van der Waals surface area contributed by atoms with Crippen LogP contribution in [0.4, 0.5) is 26.3 Å². The standard InChI is InChI=1S/C15H18F6N2O/c1-2-23(9-7-14(16,17)18)10-8-22-13(24)11-5-3-4-6-12(11)15(19,20)21/h3-6H,2,7-10H2,1H3,(H,22,24). The molecule has 136 valence electrons. The Labute approximate surface area is 135 Å². The second kappa shape index (κ2) is 8.36. The smallest absolute Gasteiger partial charge is 0.351 e. The van der Waals surface area contributed by atoms with Gasteiger partial charge in [-0.2, -0.15) is 26.3 Å². The molecule has 0 saturated carbocycles. The summed E-state index contributed by atoms with van der Waals surface area (Å²) in [5.41, 5.74) is -1.56. The maximum absolute atomic E-state index is 12.8. The second-order valence-corrected chi connectivity index (χ2v) is 5.10. The summed E-state index contributed by atoms with van der Waals surface area (Å²) in [7, 11) is 0. The fourth-order valence-electron chi connectivity index (χ4n) is 2.06. The maximum atomic E-state index is 12.8. The van der Waals surface area contributed by atoms with E-state index in [4.69, 9.17) is 0 Å². The molecule has 0 spiro atoms. The van der Waals surface area contributed by atoms with Crippen LogP contribution < -0.4 is 5.32 Å². The van der Waals surface area contributed by atoms with Gasteiger partial charge in [-0.3, -0.25) is 4.79 Å². The lowest BCUT2D eigenvalue weighted by molar-refractivity contribution is -0.138. The summed E-state index contributed by atoms with van der Waals surface area (Å²) >= 11 is 0. The van der Waals surface area contributed by atoms with Gasteiger partial charge in [0.15, 0.2) is 0 Å². The number of alkyl halides is 6. The average molecular weight is 356 g/mol. The quantitative estimate of drug-likeness (QED) is 0.756. The van der Waals surface area contributed by atoms with E-state index < -0.39 is 35.8 Å². The third-order valence-corrected chi connectivity index (χ3v) is 3.35. The number of likely N-dealkylation sites (N-methyl/N-ethyl adjacent to an activating group) is 1. The van der Waals surface area contributed by atoms with Crippen LogP contribution in [-0.4, -0.2) is 43.2 Å².